The maximum Gasteiger partial charge on any atom is 0.233 e. The van der Waals surface area contributed by atoms with Gasteiger partial charge in [0.15, 0.2) is 0 Å². The number of aromatic nitrogens is 3. The van der Waals surface area contributed by atoms with Gasteiger partial charge < -0.3 is 5.32 Å². The highest BCUT2D eigenvalue weighted by Crippen LogP contribution is 2.31. The molecule has 0 saturated carbocycles. The lowest BCUT2D eigenvalue weighted by atomic mass is 9.86. The lowest BCUT2D eigenvalue weighted by Crippen LogP contribution is -2.25. The van der Waals surface area contributed by atoms with Crippen molar-refractivity contribution in [3.63, 3.8) is 0 Å². The largest absolute Gasteiger partial charge is 0.325 e. The number of pyridine rings is 1. The molecule has 1 amide bonds. The smallest absolute Gasteiger partial charge is 0.233 e. The van der Waals surface area contributed by atoms with Crippen LogP contribution in [-0.4, -0.2) is 20.9 Å². The monoisotopic (exact) mass is 344 g/mol. The topological polar surface area (TPSA) is 67.8 Å². The average Bonchev–Trinajstić information content (AvgIpc) is 2.68. The van der Waals surface area contributed by atoms with Gasteiger partial charge in [0.25, 0.3) is 0 Å². The van der Waals surface area contributed by atoms with Crippen LogP contribution in [0.4, 0.5) is 5.69 Å². The van der Waals surface area contributed by atoms with E-state index in [0.29, 0.717) is 0 Å². The third kappa shape index (κ3) is 3.33. The summed E-state index contributed by atoms with van der Waals surface area (Å²) in [4.78, 5) is 25.9. The van der Waals surface area contributed by atoms with Crippen LogP contribution in [0, 0.1) is 6.92 Å². The van der Waals surface area contributed by atoms with Gasteiger partial charge in [0, 0.05) is 23.6 Å². The van der Waals surface area contributed by atoms with Gasteiger partial charge in [0.1, 0.15) is 5.82 Å². The molecule has 2 aromatic heterocycles. The summed E-state index contributed by atoms with van der Waals surface area (Å²) < 4.78 is 0. The number of hydrogen-bond acceptors (Lipinski definition) is 4. The number of carbonyl (C=O) groups excluding carboxylic acids is 1. The Morgan fingerprint density at radius 2 is 2.04 bits per heavy atom. The molecule has 5 heteroatoms. The Hall–Kier alpha value is -3.08. The third-order valence-electron chi connectivity index (χ3n) is 4.71. The summed E-state index contributed by atoms with van der Waals surface area (Å²) in [6.45, 7) is 1.86. The van der Waals surface area contributed by atoms with Crippen molar-refractivity contribution in [1.82, 2.24) is 15.0 Å². The van der Waals surface area contributed by atoms with Crippen LogP contribution in [0.1, 0.15) is 35.8 Å². The van der Waals surface area contributed by atoms with Gasteiger partial charge in [-0.15, -0.1) is 0 Å². The number of hydrogen-bond donors (Lipinski definition) is 1. The van der Waals surface area contributed by atoms with E-state index in [0.717, 1.165) is 47.7 Å². The molecule has 1 aromatic carbocycles. The molecule has 0 saturated heterocycles. The maximum absolute atomic E-state index is 12.9. The first-order valence-electron chi connectivity index (χ1n) is 8.85. The Morgan fingerprint density at radius 3 is 2.92 bits per heavy atom. The Kier molecular flexibility index (Phi) is 4.44. The molecule has 1 N–H and O–H groups in total. The number of nitrogens with one attached hydrogen (secondary N) is 1. The zero-order chi connectivity index (χ0) is 17.9. The molecule has 3 aromatic rings. The summed E-state index contributed by atoms with van der Waals surface area (Å²) in [6.07, 6.45) is 6.35. The van der Waals surface area contributed by atoms with Gasteiger partial charge in [-0.2, -0.15) is 0 Å². The standard InChI is InChI=1S/C21H20N4O/c1-14-22-12-10-19(24-14)16-6-2-8-17(13-16)25-21(26)18-9-3-5-15-7-4-11-23-20(15)18/h2,4,6-8,10-13,18H,3,5,9H2,1H3,(H,25,26). The van der Waals surface area contributed by atoms with E-state index in [1.807, 2.05) is 43.3 Å². The lowest BCUT2D eigenvalue weighted by Gasteiger charge is -2.23. The molecule has 130 valence electrons. The minimum Gasteiger partial charge on any atom is -0.325 e. The normalized spacial score (nSPS) is 16.0. The molecule has 2 heterocycles. The van der Waals surface area contributed by atoms with Crippen LogP contribution in [-0.2, 0) is 11.2 Å². The number of carbonyl (C=O) groups is 1. The predicted octanol–water partition coefficient (Wildman–Crippen LogP) is 3.91. The SMILES string of the molecule is Cc1nccc(-c2cccc(NC(=O)C3CCCc4cccnc43)c2)n1. The van der Waals surface area contributed by atoms with Gasteiger partial charge in [0.2, 0.25) is 5.91 Å². The van der Waals surface area contributed by atoms with Gasteiger partial charge in [-0.3, -0.25) is 9.78 Å². The van der Waals surface area contributed by atoms with Crippen molar-refractivity contribution in [2.24, 2.45) is 0 Å². The van der Waals surface area contributed by atoms with Crippen molar-refractivity contribution in [1.29, 1.82) is 0 Å². The van der Waals surface area contributed by atoms with E-state index in [9.17, 15) is 4.79 Å². The first kappa shape index (κ1) is 16.4. The van der Waals surface area contributed by atoms with Gasteiger partial charge >= 0.3 is 0 Å². The molecule has 1 aliphatic rings. The second-order valence-electron chi connectivity index (χ2n) is 6.55. The van der Waals surface area contributed by atoms with E-state index in [1.165, 1.54) is 5.56 Å². The van der Waals surface area contributed by atoms with Crippen LogP contribution in [0.5, 0.6) is 0 Å². The molecule has 0 bridgehead atoms. The molecule has 1 unspecified atom stereocenters. The Balaban J connectivity index is 1.57. The molecule has 1 aliphatic carbocycles. The number of anilines is 1. The quantitative estimate of drug-likeness (QED) is 0.782. The van der Waals surface area contributed by atoms with E-state index < -0.39 is 0 Å². The molecule has 0 spiro atoms. The van der Waals surface area contributed by atoms with Crippen LogP contribution in [0.25, 0.3) is 11.3 Å². The van der Waals surface area contributed by atoms with Gasteiger partial charge in [0.05, 0.1) is 17.3 Å². The summed E-state index contributed by atoms with van der Waals surface area (Å²) >= 11 is 0. The Labute approximate surface area is 152 Å². The molecule has 0 radical (unpaired) electrons. The lowest BCUT2D eigenvalue weighted by molar-refractivity contribution is -0.118. The highest BCUT2D eigenvalue weighted by atomic mass is 16.1. The fraction of sp³-hybridized carbons (Fsp3) is 0.238. The summed E-state index contributed by atoms with van der Waals surface area (Å²) in [5, 5.41) is 3.05. The summed E-state index contributed by atoms with van der Waals surface area (Å²) in [5.41, 5.74) is 4.67. The fourth-order valence-electron chi connectivity index (χ4n) is 3.47. The van der Waals surface area contributed by atoms with E-state index >= 15 is 0 Å². The number of nitrogens with zero attached hydrogens (tertiary/aromatic N) is 3. The Bertz CT molecular complexity index is 954. The zero-order valence-electron chi connectivity index (χ0n) is 14.6. The highest BCUT2D eigenvalue weighted by Gasteiger charge is 2.27. The second-order valence-corrected chi connectivity index (χ2v) is 6.55. The first-order chi connectivity index (χ1) is 12.7. The molecular formula is C21H20N4O. The van der Waals surface area contributed by atoms with Crippen molar-refractivity contribution >= 4 is 11.6 Å². The highest BCUT2D eigenvalue weighted by molar-refractivity contribution is 5.96. The summed E-state index contributed by atoms with van der Waals surface area (Å²) in [6, 6.07) is 13.6. The fourth-order valence-corrected chi connectivity index (χ4v) is 3.47. The molecule has 5 nitrogen and oxygen atoms in total. The maximum atomic E-state index is 12.9. The van der Waals surface area contributed by atoms with Crippen molar-refractivity contribution < 1.29 is 4.79 Å². The van der Waals surface area contributed by atoms with Crippen LogP contribution < -0.4 is 5.32 Å². The van der Waals surface area contributed by atoms with E-state index in [2.05, 4.69) is 26.3 Å². The van der Waals surface area contributed by atoms with E-state index in [4.69, 9.17) is 0 Å². The molecular weight excluding hydrogens is 324 g/mol. The predicted molar refractivity (Wildman–Crippen MR) is 101 cm³/mol. The average molecular weight is 344 g/mol. The van der Waals surface area contributed by atoms with E-state index in [-0.39, 0.29) is 11.8 Å². The van der Waals surface area contributed by atoms with Crippen molar-refractivity contribution in [3.8, 4) is 11.3 Å². The van der Waals surface area contributed by atoms with E-state index in [1.54, 1.807) is 12.4 Å². The van der Waals surface area contributed by atoms with Crippen molar-refractivity contribution in [2.45, 2.75) is 32.1 Å². The molecule has 4 rings (SSSR count). The molecule has 0 aliphatic heterocycles. The van der Waals surface area contributed by atoms with Crippen molar-refractivity contribution in [3.05, 3.63) is 71.9 Å². The first-order valence-corrected chi connectivity index (χ1v) is 8.85. The number of amides is 1. The van der Waals surface area contributed by atoms with Crippen LogP contribution in [0.2, 0.25) is 0 Å². The zero-order valence-corrected chi connectivity index (χ0v) is 14.6. The molecule has 0 fully saturated rings. The third-order valence-corrected chi connectivity index (χ3v) is 4.71. The number of fused-ring (bicyclic) bond motifs is 1. The summed E-state index contributed by atoms with van der Waals surface area (Å²) in [7, 11) is 0. The minimum absolute atomic E-state index is 0.000619. The minimum atomic E-state index is -0.190. The number of benzene rings is 1. The van der Waals surface area contributed by atoms with Gasteiger partial charge in [-0.25, -0.2) is 9.97 Å². The van der Waals surface area contributed by atoms with Crippen LogP contribution in [0.3, 0.4) is 0 Å². The molecule has 26 heavy (non-hydrogen) atoms. The van der Waals surface area contributed by atoms with Gasteiger partial charge in [-0.1, -0.05) is 18.2 Å². The number of rotatable bonds is 3. The molecule has 1 atom stereocenters. The van der Waals surface area contributed by atoms with Gasteiger partial charge in [-0.05, 0) is 56.0 Å². The number of aryl methyl sites for hydroxylation is 2. The summed E-state index contributed by atoms with van der Waals surface area (Å²) in [5.74, 6) is 0.535. The van der Waals surface area contributed by atoms with Crippen LogP contribution in [0.15, 0.2) is 54.9 Å². The second kappa shape index (κ2) is 7.04. The van der Waals surface area contributed by atoms with Crippen molar-refractivity contribution in [2.75, 3.05) is 5.32 Å². The van der Waals surface area contributed by atoms with Crippen LogP contribution >= 0.6 is 0 Å². The Morgan fingerprint density at radius 1 is 1.12 bits per heavy atom.